The molecule has 8 nitrogen and oxygen atoms in total. The minimum atomic E-state index is -0.702. The molecule has 3 aliphatic rings. The van der Waals surface area contributed by atoms with Crippen molar-refractivity contribution in [1.82, 2.24) is 14.7 Å². The van der Waals surface area contributed by atoms with Gasteiger partial charge in [0.05, 0.1) is 11.4 Å². The molecule has 4 rings (SSSR count). The number of hydrogen-bond acceptors (Lipinski definition) is 6. The van der Waals surface area contributed by atoms with Crippen LogP contribution in [0.25, 0.3) is 0 Å². The quantitative estimate of drug-likeness (QED) is 0.596. The Hall–Kier alpha value is -3.30. The number of ether oxygens (including phenoxy) is 1. The van der Waals surface area contributed by atoms with Crippen LogP contribution in [-0.4, -0.2) is 83.3 Å². The standard InChI is InChI=1S/C29H39F2N5O3/c1-20(37)34-13-7-22(8-14-34)18-29(33-27-11-17-35(21(2)38)16-10-26(27)32)36-12-3-4-24(9-15-36)39-28-6-5-23(30)19-25(28)31/h5-6,18-19,22,24,32H,3-4,7-17H2,1-2H3/b29-18-,32-26?,33-27-. The van der Waals surface area contributed by atoms with Crippen LogP contribution in [0.1, 0.15) is 58.8 Å². The summed E-state index contributed by atoms with van der Waals surface area (Å²) in [5.41, 5.74) is 1.16. The molecule has 212 valence electrons. The fourth-order valence-electron chi connectivity index (χ4n) is 5.44. The average molecular weight is 544 g/mol. The Bertz CT molecular complexity index is 1130. The number of nitrogens with zero attached hydrogens (tertiary/aromatic N) is 4. The topological polar surface area (TPSA) is 89.3 Å². The van der Waals surface area contributed by atoms with Crippen LogP contribution in [0.15, 0.2) is 35.1 Å². The lowest BCUT2D eigenvalue weighted by Crippen LogP contribution is -2.37. The molecule has 0 aliphatic carbocycles. The molecule has 3 fully saturated rings. The van der Waals surface area contributed by atoms with Crippen molar-refractivity contribution in [3.05, 3.63) is 41.7 Å². The van der Waals surface area contributed by atoms with Crippen molar-refractivity contribution in [2.24, 2.45) is 10.9 Å². The molecule has 1 aromatic rings. The predicted octanol–water partition coefficient (Wildman–Crippen LogP) is 4.40. The first-order valence-corrected chi connectivity index (χ1v) is 13.9. The Kier molecular flexibility index (Phi) is 9.69. The molecule has 0 radical (unpaired) electrons. The molecular weight excluding hydrogens is 504 g/mol. The van der Waals surface area contributed by atoms with Crippen LogP contribution in [0, 0.1) is 23.0 Å². The molecule has 1 N–H and O–H groups in total. The van der Waals surface area contributed by atoms with E-state index in [1.165, 1.54) is 12.1 Å². The highest BCUT2D eigenvalue weighted by molar-refractivity contribution is 6.41. The van der Waals surface area contributed by atoms with Gasteiger partial charge in [-0.15, -0.1) is 0 Å². The van der Waals surface area contributed by atoms with E-state index in [2.05, 4.69) is 11.0 Å². The van der Waals surface area contributed by atoms with Crippen molar-refractivity contribution < 1.29 is 23.1 Å². The molecule has 0 aromatic heterocycles. The van der Waals surface area contributed by atoms with Gasteiger partial charge in [0.15, 0.2) is 11.6 Å². The predicted molar refractivity (Wildman–Crippen MR) is 146 cm³/mol. The van der Waals surface area contributed by atoms with E-state index in [1.807, 2.05) is 4.90 Å². The number of allylic oxidation sites excluding steroid dienone is 1. The number of hydrogen-bond donors (Lipinski definition) is 1. The summed E-state index contributed by atoms with van der Waals surface area (Å²) < 4.78 is 33.4. The van der Waals surface area contributed by atoms with Gasteiger partial charge in [-0.25, -0.2) is 13.8 Å². The SMILES string of the molecule is CC(=O)N1CCC(=N)/C(=N\C(=C\C2CCN(C(C)=O)CC2)N2CCCC(Oc3ccc(F)cc3F)CC2)CC1. The number of carbonyl (C=O) groups is 2. The molecular formula is C29H39F2N5O3. The van der Waals surface area contributed by atoms with Gasteiger partial charge in [0.25, 0.3) is 0 Å². The van der Waals surface area contributed by atoms with E-state index in [1.54, 1.807) is 18.7 Å². The van der Waals surface area contributed by atoms with Gasteiger partial charge in [0.2, 0.25) is 11.8 Å². The van der Waals surface area contributed by atoms with Gasteiger partial charge >= 0.3 is 0 Å². The van der Waals surface area contributed by atoms with Crippen molar-refractivity contribution in [2.75, 3.05) is 39.3 Å². The minimum absolute atomic E-state index is 0.00759. The zero-order valence-corrected chi connectivity index (χ0v) is 22.9. The number of likely N-dealkylation sites (tertiary alicyclic amines) is 3. The highest BCUT2D eigenvalue weighted by Gasteiger charge is 2.26. The summed E-state index contributed by atoms with van der Waals surface area (Å²) >= 11 is 0. The first-order valence-electron chi connectivity index (χ1n) is 13.9. The molecule has 3 heterocycles. The monoisotopic (exact) mass is 543 g/mol. The summed E-state index contributed by atoms with van der Waals surface area (Å²) in [4.78, 5) is 34.6. The number of rotatable bonds is 5. The Morgan fingerprint density at radius 1 is 0.923 bits per heavy atom. The van der Waals surface area contributed by atoms with Crippen molar-refractivity contribution in [1.29, 1.82) is 5.41 Å². The third kappa shape index (κ3) is 7.86. The Balaban J connectivity index is 1.52. The molecule has 39 heavy (non-hydrogen) atoms. The Labute approximate surface area is 229 Å². The van der Waals surface area contributed by atoms with Crippen LogP contribution in [-0.2, 0) is 9.59 Å². The van der Waals surface area contributed by atoms with E-state index in [-0.39, 0.29) is 29.6 Å². The maximum Gasteiger partial charge on any atom is 0.219 e. The number of aliphatic imine (C=N–C) groups is 1. The Morgan fingerprint density at radius 2 is 1.59 bits per heavy atom. The molecule has 0 bridgehead atoms. The lowest BCUT2D eigenvalue weighted by atomic mass is 9.96. The fraction of sp³-hybridized carbons (Fsp3) is 0.586. The highest BCUT2D eigenvalue weighted by atomic mass is 19.1. The molecule has 1 atom stereocenters. The normalized spacial score (nSPS) is 23.0. The number of halogens is 2. The van der Waals surface area contributed by atoms with Gasteiger partial charge in [0, 0.05) is 78.4 Å². The van der Waals surface area contributed by atoms with Crippen LogP contribution >= 0.6 is 0 Å². The Morgan fingerprint density at radius 3 is 2.28 bits per heavy atom. The zero-order valence-electron chi connectivity index (χ0n) is 22.9. The van der Waals surface area contributed by atoms with Crippen molar-refractivity contribution in [3.8, 4) is 5.75 Å². The summed E-state index contributed by atoms with van der Waals surface area (Å²) in [7, 11) is 0. The largest absolute Gasteiger partial charge is 0.487 e. The van der Waals surface area contributed by atoms with Gasteiger partial charge in [-0.05, 0) is 49.8 Å². The fourth-order valence-corrected chi connectivity index (χ4v) is 5.44. The number of benzene rings is 1. The zero-order chi connectivity index (χ0) is 27.9. The summed E-state index contributed by atoms with van der Waals surface area (Å²) in [5, 5.41) is 8.61. The highest BCUT2D eigenvalue weighted by Crippen LogP contribution is 2.27. The van der Waals surface area contributed by atoms with Crippen molar-refractivity contribution in [2.45, 2.75) is 64.9 Å². The maximum atomic E-state index is 14.2. The second kappa shape index (κ2) is 13.2. The summed E-state index contributed by atoms with van der Waals surface area (Å²) in [6.07, 6.45) is 6.89. The number of amides is 2. The minimum Gasteiger partial charge on any atom is -0.487 e. The smallest absolute Gasteiger partial charge is 0.219 e. The van der Waals surface area contributed by atoms with Gasteiger partial charge in [0.1, 0.15) is 17.7 Å². The van der Waals surface area contributed by atoms with Crippen LogP contribution in [0.5, 0.6) is 5.75 Å². The van der Waals surface area contributed by atoms with Gasteiger partial charge in [-0.2, -0.15) is 0 Å². The van der Waals surface area contributed by atoms with Crippen LogP contribution < -0.4 is 4.74 Å². The van der Waals surface area contributed by atoms with Crippen LogP contribution in [0.3, 0.4) is 0 Å². The van der Waals surface area contributed by atoms with E-state index in [4.69, 9.17) is 15.1 Å². The average Bonchev–Trinajstić information content (AvgIpc) is 3.24. The van der Waals surface area contributed by atoms with E-state index in [0.29, 0.717) is 63.4 Å². The lowest BCUT2D eigenvalue weighted by Gasteiger charge is -2.31. The van der Waals surface area contributed by atoms with E-state index >= 15 is 0 Å². The second-order valence-electron chi connectivity index (χ2n) is 10.6. The summed E-state index contributed by atoms with van der Waals surface area (Å²) in [6.45, 7) is 7.04. The first kappa shape index (κ1) is 28.7. The van der Waals surface area contributed by atoms with E-state index in [0.717, 1.165) is 44.1 Å². The molecule has 1 aromatic carbocycles. The third-order valence-electron chi connectivity index (χ3n) is 7.85. The number of carbonyl (C=O) groups excluding carboxylic acids is 2. The number of piperidine rings is 1. The van der Waals surface area contributed by atoms with Gasteiger partial charge in [-0.3, -0.25) is 9.59 Å². The van der Waals surface area contributed by atoms with E-state index in [9.17, 15) is 18.4 Å². The second-order valence-corrected chi connectivity index (χ2v) is 10.6. The van der Waals surface area contributed by atoms with Crippen molar-refractivity contribution >= 4 is 23.2 Å². The molecule has 3 aliphatic heterocycles. The first-order chi connectivity index (χ1) is 18.7. The van der Waals surface area contributed by atoms with Gasteiger partial charge in [-0.1, -0.05) is 0 Å². The molecule has 10 heteroatoms. The van der Waals surface area contributed by atoms with Crippen LogP contribution in [0.4, 0.5) is 8.78 Å². The molecule has 3 saturated heterocycles. The summed E-state index contributed by atoms with van der Waals surface area (Å²) in [6, 6.07) is 3.37. The van der Waals surface area contributed by atoms with Gasteiger partial charge < -0.3 is 24.8 Å². The molecule has 1 unspecified atom stereocenters. The molecule has 0 saturated carbocycles. The third-order valence-corrected chi connectivity index (χ3v) is 7.85. The lowest BCUT2D eigenvalue weighted by molar-refractivity contribution is -0.130. The molecule has 0 spiro atoms. The summed E-state index contributed by atoms with van der Waals surface area (Å²) in [5.74, 6) is -0.0933. The molecule has 2 amide bonds. The maximum absolute atomic E-state index is 14.2. The van der Waals surface area contributed by atoms with E-state index < -0.39 is 11.6 Å². The van der Waals surface area contributed by atoms with Crippen LogP contribution in [0.2, 0.25) is 0 Å². The van der Waals surface area contributed by atoms with Crippen molar-refractivity contribution in [3.63, 3.8) is 0 Å². The number of nitrogens with one attached hydrogen (secondary N) is 1.